The molecule has 0 saturated heterocycles. The van der Waals surface area contributed by atoms with Crippen LogP contribution < -0.4 is 10.6 Å². The highest BCUT2D eigenvalue weighted by Gasteiger charge is 2.36. The van der Waals surface area contributed by atoms with Gasteiger partial charge in [0.15, 0.2) is 0 Å². The van der Waals surface area contributed by atoms with E-state index in [0.717, 1.165) is 18.5 Å². The summed E-state index contributed by atoms with van der Waals surface area (Å²) < 4.78 is 0. The zero-order valence-electron chi connectivity index (χ0n) is 18.6. The van der Waals surface area contributed by atoms with E-state index >= 15 is 0 Å². The van der Waals surface area contributed by atoms with Crippen LogP contribution in [0.1, 0.15) is 87.5 Å². The van der Waals surface area contributed by atoms with E-state index in [4.69, 9.17) is 0 Å². The molecule has 2 N–H and O–H groups in total. The van der Waals surface area contributed by atoms with Crippen molar-refractivity contribution in [2.45, 2.75) is 77.6 Å². The van der Waals surface area contributed by atoms with Gasteiger partial charge in [0.1, 0.15) is 0 Å². The lowest BCUT2D eigenvalue weighted by molar-refractivity contribution is 0.248. The Kier molecular flexibility index (Phi) is 6.66. The summed E-state index contributed by atoms with van der Waals surface area (Å²) in [5.41, 5.74) is 6.07. The molecule has 3 rings (SSSR count). The maximum Gasteiger partial charge on any atom is 0.319 e. The Hall–Kier alpha value is -2.29. The topological polar surface area (TPSA) is 41.1 Å². The lowest BCUT2D eigenvalue weighted by Crippen LogP contribution is -2.41. The van der Waals surface area contributed by atoms with Crippen molar-refractivity contribution in [1.29, 1.82) is 0 Å². The number of hydrogen-bond acceptors (Lipinski definition) is 1. The molecule has 0 spiro atoms. The molecule has 1 saturated carbocycles. The highest BCUT2D eigenvalue weighted by Crippen LogP contribution is 2.41. The van der Waals surface area contributed by atoms with E-state index in [1.165, 1.54) is 35.1 Å². The second kappa shape index (κ2) is 9.02. The molecule has 3 nitrogen and oxygen atoms in total. The number of anilines is 1. The molecule has 1 fully saturated rings. The minimum absolute atomic E-state index is 0.0573. The van der Waals surface area contributed by atoms with Crippen LogP contribution in [0.15, 0.2) is 42.5 Å². The fourth-order valence-corrected chi connectivity index (χ4v) is 4.70. The molecule has 29 heavy (non-hydrogen) atoms. The molecule has 0 heterocycles. The van der Waals surface area contributed by atoms with E-state index in [9.17, 15) is 4.79 Å². The zero-order valence-corrected chi connectivity index (χ0v) is 18.6. The van der Waals surface area contributed by atoms with Crippen molar-refractivity contribution in [2.24, 2.45) is 0 Å². The highest BCUT2D eigenvalue weighted by atomic mass is 16.2. The molecule has 0 aliphatic heterocycles. The summed E-state index contributed by atoms with van der Waals surface area (Å²) in [5.74, 6) is 0.718. The molecule has 0 aromatic heterocycles. The summed E-state index contributed by atoms with van der Waals surface area (Å²) in [6.07, 6.45) is 4.73. The number of amides is 2. The first-order chi connectivity index (χ1) is 13.8. The standard InChI is InChI=1S/C26H36N2O/c1-18(2)22-12-9-13-23(19(3)4)24(22)28-25(29)27-17-26(14-6-7-15-26)21-11-8-10-20(5)16-21/h8-13,16,18-19H,6-7,14-15,17H2,1-5H3,(H2,27,28,29). The third-order valence-corrected chi connectivity index (χ3v) is 6.39. The molecule has 2 aromatic rings. The predicted molar refractivity (Wildman–Crippen MR) is 123 cm³/mol. The van der Waals surface area contributed by atoms with Gasteiger partial charge in [-0.3, -0.25) is 0 Å². The van der Waals surface area contributed by atoms with Gasteiger partial charge >= 0.3 is 6.03 Å². The van der Waals surface area contributed by atoms with E-state index in [1.807, 2.05) is 0 Å². The van der Waals surface area contributed by atoms with Crippen LogP contribution >= 0.6 is 0 Å². The van der Waals surface area contributed by atoms with Crippen LogP contribution in [0.4, 0.5) is 10.5 Å². The minimum Gasteiger partial charge on any atom is -0.337 e. The first-order valence-electron chi connectivity index (χ1n) is 11.1. The highest BCUT2D eigenvalue weighted by molar-refractivity contribution is 5.91. The van der Waals surface area contributed by atoms with E-state index in [1.54, 1.807) is 0 Å². The van der Waals surface area contributed by atoms with Gasteiger partial charge in [-0.05, 0) is 48.3 Å². The summed E-state index contributed by atoms with van der Waals surface area (Å²) >= 11 is 0. The van der Waals surface area contributed by atoms with E-state index in [0.29, 0.717) is 18.4 Å². The Morgan fingerprint density at radius 2 is 1.55 bits per heavy atom. The quantitative estimate of drug-likeness (QED) is 0.553. The number of nitrogens with one attached hydrogen (secondary N) is 2. The average molecular weight is 393 g/mol. The number of benzene rings is 2. The van der Waals surface area contributed by atoms with Gasteiger partial charge in [-0.1, -0.05) is 88.6 Å². The summed E-state index contributed by atoms with van der Waals surface area (Å²) in [5, 5.41) is 6.41. The molecule has 0 radical (unpaired) electrons. The third kappa shape index (κ3) is 4.83. The van der Waals surface area contributed by atoms with Crippen molar-refractivity contribution in [3.05, 3.63) is 64.7 Å². The summed E-state index contributed by atoms with van der Waals surface area (Å²) in [7, 11) is 0. The van der Waals surface area contributed by atoms with Gasteiger partial charge in [0.2, 0.25) is 0 Å². The summed E-state index contributed by atoms with van der Waals surface area (Å²) in [6.45, 7) is 11.5. The first kappa shape index (κ1) is 21.4. The Bertz CT molecular complexity index is 821. The molecule has 2 aromatic carbocycles. The van der Waals surface area contributed by atoms with Gasteiger partial charge in [0.25, 0.3) is 0 Å². The van der Waals surface area contributed by atoms with Crippen LogP contribution in [0.25, 0.3) is 0 Å². The normalized spacial score (nSPS) is 15.7. The number of carbonyl (C=O) groups excluding carboxylic acids is 1. The maximum absolute atomic E-state index is 12.9. The molecule has 0 bridgehead atoms. The zero-order chi connectivity index (χ0) is 21.0. The molecule has 1 aliphatic carbocycles. The Balaban J connectivity index is 1.77. The maximum atomic E-state index is 12.9. The molecule has 3 heteroatoms. The van der Waals surface area contributed by atoms with Crippen molar-refractivity contribution in [1.82, 2.24) is 5.32 Å². The van der Waals surface area contributed by atoms with Gasteiger partial charge in [-0.25, -0.2) is 4.79 Å². The fourth-order valence-electron chi connectivity index (χ4n) is 4.70. The SMILES string of the molecule is Cc1cccc(C2(CNC(=O)Nc3c(C(C)C)cccc3C(C)C)CCCC2)c1. The molecule has 2 amide bonds. The Labute approximate surface area is 176 Å². The summed E-state index contributed by atoms with van der Waals surface area (Å²) in [4.78, 5) is 12.9. The number of urea groups is 1. The molecule has 1 aliphatic rings. The lowest BCUT2D eigenvalue weighted by Gasteiger charge is -2.30. The second-order valence-corrected chi connectivity index (χ2v) is 9.29. The number of aryl methyl sites for hydroxylation is 1. The monoisotopic (exact) mass is 392 g/mol. The summed E-state index contributed by atoms with van der Waals surface area (Å²) in [6, 6.07) is 15.0. The van der Waals surface area contributed by atoms with Crippen LogP contribution in [0, 0.1) is 6.92 Å². The van der Waals surface area contributed by atoms with Crippen LogP contribution in [-0.2, 0) is 5.41 Å². The van der Waals surface area contributed by atoms with Gasteiger partial charge in [-0.2, -0.15) is 0 Å². The minimum atomic E-state index is -0.0982. The van der Waals surface area contributed by atoms with E-state index in [-0.39, 0.29) is 11.4 Å². The van der Waals surface area contributed by atoms with E-state index in [2.05, 4.69) is 87.7 Å². The molecule has 156 valence electrons. The Morgan fingerprint density at radius 1 is 0.966 bits per heavy atom. The van der Waals surface area contributed by atoms with Gasteiger partial charge in [0, 0.05) is 17.6 Å². The number of carbonyl (C=O) groups is 1. The van der Waals surface area contributed by atoms with E-state index < -0.39 is 0 Å². The van der Waals surface area contributed by atoms with Crippen molar-refractivity contribution in [3.63, 3.8) is 0 Å². The lowest BCUT2D eigenvalue weighted by atomic mass is 9.78. The van der Waals surface area contributed by atoms with Gasteiger partial charge in [0.05, 0.1) is 0 Å². The number of para-hydroxylation sites is 1. The first-order valence-corrected chi connectivity index (χ1v) is 11.1. The molecule has 0 atom stereocenters. The predicted octanol–water partition coefficient (Wildman–Crippen LogP) is 6.88. The average Bonchev–Trinajstić information content (AvgIpc) is 3.16. The van der Waals surface area contributed by atoms with Crippen LogP contribution in [0.5, 0.6) is 0 Å². The van der Waals surface area contributed by atoms with Crippen molar-refractivity contribution in [2.75, 3.05) is 11.9 Å². The largest absolute Gasteiger partial charge is 0.337 e. The van der Waals surface area contributed by atoms with Crippen molar-refractivity contribution >= 4 is 11.7 Å². The van der Waals surface area contributed by atoms with Gasteiger partial charge in [-0.15, -0.1) is 0 Å². The van der Waals surface area contributed by atoms with Crippen molar-refractivity contribution in [3.8, 4) is 0 Å². The van der Waals surface area contributed by atoms with Crippen LogP contribution in [0.3, 0.4) is 0 Å². The smallest absolute Gasteiger partial charge is 0.319 e. The second-order valence-electron chi connectivity index (χ2n) is 9.29. The van der Waals surface area contributed by atoms with Crippen LogP contribution in [-0.4, -0.2) is 12.6 Å². The number of rotatable bonds is 6. The Morgan fingerprint density at radius 3 is 2.10 bits per heavy atom. The fraction of sp³-hybridized carbons (Fsp3) is 0.500. The van der Waals surface area contributed by atoms with Gasteiger partial charge < -0.3 is 10.6 Å². The third-order valence-electron chi connectivity index (χ3n) is 6.39. The van der Waals surface area contributed by atoms with Crippen LogP contribution in [0.2, 0.25) is 0 Å². The molecule has 0 unspecified atom stereocenters. The number of hydrogen-bond donors (Lipinski definition) is 2. The van der Waals surface area contributed by atoms with Crippen molar-refractivity contribution < 1.29 is 4.79 Å². The molecular weight excluding hydrogens is 356 g/mol. The molecular formula is C26H36N2O.